The second-order valence-electron chi connectivity index (χ2n) is 8.45. The molecule has 2 fully saturated rings. The quantitative estimate of drug-likeness (QED) is 0.388. The molecule has 0 heterocycles. The number of ether oxygens (including phenoxy) is 1. The summed E-state index contributed by atoms with van der Waals surface area (Å²) in [7, 11) is 0. The van der Waals surface area contributed by atoms with Crippen LogP contribution >= 0.6 is 0 Å². The molecule has 2 rings (SSSR count). The molecule has 0 spiro atoms. The maximum absolute atomic E-state index is 6.10. The zero-order chi connectivity index (χ0) is 16.3. The highest BCUT2D eigenvalue weighted by Crippen LogP contribution is 2.36. The summed E-state index contributed by atoms with van der Waals surface area (Å²) in [6.45, 7) is 5.66. The zero-order valence-electron chi connectivity index (χ0n) is 16.0. The van der Waals surface area contributed by atoms with E-state index >= 15 is 0 Å². The minimum atomic E-state index is 0.591. The first-order valence-corrected chi connectivity index (χ1v) is 10.9. The van der Waals surface area contributed by atoms with Crippen LogP contribution in [0.4, 0.5) is 0 Å². The predicted octanol–water partition coefficient (Wildman–Crippen LogP) is 7.14. The fourth-order valence-corrected chi connectivity index (χ4v) is 4.77. The van der Waals surface area contributed by atoms with Crippen LogP contribution in [0.2, 0.25) is 0 Å². The van der Waals surface area contributed by atoms with Gasteiger partial charge in [0.05, 0.1) is 6.10 Å². The zero-order valence-corrected chi connectivity index (χ0v) is 16.0. The summed E-state index contributed by atoms with van der Waals surface area (Å²) >= 11 is 0. The number of rotatable bonds is 10. The maximum Gasteiger partial charge on any atom is 0.0575 e. The topological polar surface area (TPSA) is 9.23 Å². The second kappa shape index (κ2) is 11.5. The molecule has 0 aromatic rings. The minimum absolute atomic E-state index is 0.591. The molecular weight excluding hydrogens is 280 g/mol. The lowest BCUT2D eigenvalue weighted by Gasteiger charge is -2.31. The Balaban J connectivity index is 1.48. The van der Waals surface area contributed by atoms with Gasteiger partial charge < -0.3 is 4.74 Å². The molecule has 0 radical (unpaired) electrons. The van der Waals surface area contributed by atoms with Gasteiger partial charge in [-0.1, -0.05) is 78.1 Å². The van der Waals surface area contributed by atoms with E-state index in [1.54, 1.807) is 0 Å². The van der Waals surface area contributed by atoms with E-state index in [2.05, 4.69) is 13.8 Å². The van der Waals surface area contributed by atoms with Crippen molar-refractivity contribution in [2.75, 3.05) is 6.61 Å². The van der Waals surface area contributed by atoms with Crippen LogP contribution in [0, 0.1) is 17.8 Å². The summed E-state index contributed by atoms with van der Waals surface area (Å²) in [5.74, 6) is 3.13. The van der Waals surface area contributed by atoms with Gasteiger partial charge in [0, 0.05) is 6.61 Å². The molecule has 136 valence electrons. The van der Waals surface area contributed by atoms with E-state index in [-0.39, 0.29) is 0 Å². The van der Waals surface area contributed by atoms with Crippen molar-refractivity contribution >= 4 is 0 Å². The fourth-order valence-electron chi connectivity index (χ4n) is 4.77. The molecule has 23 heavy (non-hydrogen) atoms. The van der Waals surface area contributed by atoms with Gasteiger partial charge in [0.25, 0.3) is 0 Å². The van der Waals surface area contributed by atoms with Crippen molar-refractivity contribution in [3.8, 4) is 0 Å². The van der Waals surface area contributed by atoms with Crippen molar-refractivity contribution < 1.29 is 4.74 Å². The third-order valence-corrected chi connectivity index (χ3v) is 6.67. The van der Waals surface area contributed by atoms with Gasteiger partial charge in [0.2, 0.25) is 0 Å². The van der Waals surface area contributed by atoms with E-state index in [0.29, 0.717) is 6.10 Å². The first-order chi connectivity index (χ1) is 11.3. The van der Waals surface area contributed by atoms with Gasteiger partial charge in [-0.15, -0.1) is 0 Å². The maximum atomic E-state index is 6.10. The lowest BCUT2D eigenvalue weighted by atomic mass is 9.76. The smallest absolute Gasteiger partial charge is 0.0575 e. The van der Waals surface area contributed by atoms with Crippen molar-refractivity contribution in [2.45, 2.75) is 116 Å². The molecule has 0 unspecified atom stereocenters. The largest absolute Gasteiger partial charge is 0.378 e. The van der Waals surface area contributed by atoms with Gasteiger partial charge in [-0.05, 0) is 49.9 Å². The molecule has 0 aliphatic heterocycles. The van der Waals surface area contributed by atoms with Crippen LogP contribution in [0.25, 0.3) is 0 Å². The van der Waals surface area contributed by atoms with Gasteiger partial charge >= 0.3 is 0 Å². The summed E-state index contributed by atoms with van der Waals surface area (Å²) in [6.07, 6.45) is 22.0. The third-order valence-electron chi connectivity index (χ3n) is 6.67. The van der Waals surface area contributed by atoms with E-state index in [0.717, 1.165) is 24.4 Å². The molecule has 0 aromatic carbocycles. The van der Waals surface area contributed by atoms with Gasteiger partial charge in [0.15, 0.2) is 0 Å². The van der Waals surface area contributed by atoms with E-state index in [1.807, 2.05) is 0 Å². The average molecular weight is 323 g/mol. The Morgan fingerprint density at radius 1 is 0.652 bits per heavy atom. The van der Waals surface area contributed by atoms with Crippen LogP contribution in [0.1, 0.15) is 110 Å². The molecule has 1 nitrogen and oxygen atoms in total. The first-order valence-electron chi connectivity index (χ1n) is 10.9. The Morgan fingerprint density at radius 2 is 1.22 bits per heavy atom. The molecule has 0 saturated heterocycles. The van der Waals surface area contributed by atoms with Crippen LogP contribution in [0.15, 0.2) is 0 Å². The van der Waals surface area contributed by atoms with Gasteiger partial charge in [-0.2, -0.15) is 0 Å². The Labute approximate surface area is 146 Å². The predicted molar refractivity (Wildman–Crippen MR) is 101 cm³/mol. The fraction of sp³-hybridized carbons (Fsp3) is 1.00. The van der Waals surface area contributed by atoms with E-state index < -0.39 is 0 Å². The normalized spacial score (nSPS) is 32.1. The van der Waals surface area contributed by atoms with Crippen molar-refractivity contribution in [1.82, 2.24) is 0 Å². The number of unbranched alkanes of at least 4 members (excludes halogenated alkanes) is 3. The van der Waals surface area contributed by atoms with Crippen molar-refractivity contribution in [1.29, 1.82) is 0 Å². The Hall–Kier alpha value is -0.0400. The Bertz CT molecular complexity index is 272. The summed E-state index contributed by atoms with van der Waals surface area (Å²) < 4.78 is 6.10. The molecule has 2 aliphatic carbocycles. The standard InChI is InChI=1S/C22H42O/c1-3-5-6-7-18-23-22-16-14-21(15-17-22)13-12-20-10-8-19(4-2)9-11-20/h19-22H,3-18H2,1-2H3/t19-,20-,21-,22-. The first kappa shape index (κ1) is 19.3. The molecule has 0 bridgehead atoms. The minimum Gasteiger partial charge on any atom is -0.378 e. The van der Waals surface area contributed by atoms with Crippen molar-refractivity contribution in [2.24, 2.45) is 17.8 Å². The highest BCUT2D eigenvalue weighted by atomic mass is 16.5. The SMILES string of the molecule is CCCCCCO[C@H]1CC[C@H](CC[C@H]2CC[C@H](CC)CC2)CC1. The van der Waals surface area contributed by atoms with Crippen LogP contribution in [-0.2, 0) is 4.74 Å². The van der Waals surface area contributed by atoms with E-state index in [9.17, 15) is 0 Å². The summed E-state index contributed by atoms with van der Waals surface area (Å²) in [5, 5.41) is 0. The third kappa shape index (κ3) is 7.59. The Kier molecular flexibility index (Phi) is 9.65. The molecular formula is C22H42O. The van der Waals surface area contributed by atoms with Crippen LogP contribution < -0.4 is 0 Å². The lowest BCUT2D eigenvalue weighted by molar-refractivity contribution is 0.0145. The van der Waals surface area contributed by atoms with E-state index in [1.165, 1.54) is 96.3 Å². The van der Waals surface area contributed by atoms with Crippen LogP contribution in [0.5, 0.6) is 0 Å². The summed E-state index contributed by atoms with van der Waals surface area (Å²) in [4.78, 5) is 0. The molecule has 2 aliphatic rings. The van der Waals surface area contributed by atoms with Gasteiger partial charge in [0.1, 0.15) is 0 Å². The van der Waals surface area contributed by atoms with Crippen molar-refractivity contribution in [3.05, 3.63) is 0 Å². The number of hydrogen-bond acceptors (Lipinski definition) is 1. The highest BCUT2D eigenvalue weighted by Gasteiger charge is 2.24. The molecule has 0 amide bonds. The Morgan fingerprint density at radius 3 is 1.78 bits per heavy atom. The van der Waals surface area contributed by atoms with Crippen LogP contribution in [0.3, 0.4) is 0 Å². The molecule has 0 atom stereocenters. The molecule has 0 N–H and O–H groups in total. The van der Waals surface area contributed by atoms with Crippen LogP contribution in [-0.4, -0.2) is 12.7 Å². The van der Waals surface area contributed by atoms with Gasteiger partial charge in [-0.3, -0.25) is 0 Å². The summed E-state index contributed by atoms with van der Waals surface area (Å²) in [5.41, 5.74) is 0. The molecule has 0 aromatic heterocycles. The van der Waals surface area contributed by atoms with Gasteiger partial charge in [-0.25, -0.2) is 0 Å². The highest BCUT2D eigenvalue weighted by molar-refractivity contribution is 4.76. The monoisotopic (exact) mass is 322 g/mol. The van der Waals surface area contributed by atoms with E-state index in [4.69, 9.17) is 4.74 Å². The molecule has 2 saturated carbocycles. The molecule has 1 heteroatoms. The average Bonchev–Trinajstić information content (AvgIpc) is 2.61. The van der Waals surface area contributed by atoms with Crippen molar-refractivity contribution in [3.63, 3.8) is 0 Å². The number of hydrogen-bond donors (Lipinski definition) is 0. The lowest BCUT2D eigenvalue weighted by Crippen LogP contribution is -2.23. The second-order valence-corrected chi connectivity index (χ2v) is 8.45. The summed E-state index contributed by atoms with van der Waals surface area (Å²) in [6, 6.07) is 0.